The molecule has 2 aromatic rings. The fourth-order valence-corrected chi connectivity index (χ4v) is 7.05. The van der Waals surface area contributed by atoms with Crippen LogP contribution in [0.5, 0.6) is 5.75 Å². The number of thioether (sulfide) groups is 2. The van der Waals surface area contributed by atoms with Crippen molar-refractivity contribution in [1.29, 1.82) is 0 Å². The summed E-state index contributed by atoms with van der Waals surface area (Å²) in [4.78, 5) is 24.8. The number of carbonyl (C=O) groups excluding carboxylic acids is 1. The zero-order valence-electron chi connectivity index (χ0n) is 19.1. The van der Waals surface area contributed by atoms with Gasteiger partial charge in [-0.25, -0.2) is 0 Å². The molecule has 2 aliphatic heterocycles. The molecule has 0 aromatic heterocycles. The predicted molar refractivity (Wildman–Crippen MR) is 138 cm³/mol. The number of anilines is 1. The molecule has 5 nitrogen and oxygen atoms in total. The van der Waals surface area contributed by atoms with E-state index in [-0.39, 0.29) is 11.9 Å². The molecular weight excluding hydrogens is 450 g/mol. The molecule has 172 valence electrons. The molecule has 2 heterocycles. The molecular formula is C26H29N3O2S2. The van der Waals surface area contributed by atoms with Gasteiger partial charge in [0.1, 0.15) is 10.7 Å². The van der Waals surface area contributed by atoms with Crippen molar-refractivity contribution in [1.82, 2.24) is 4.90 Å². The van der Waals surface area contributed by atoms with E-state index < -0.39 is 0 Å². The highest BCUT2D eigenvalue weighted by molar-refractivity contribution is 8.19. The van der Waals surface area contributed by atoms with E-state index in [1.165, 1.54) is 24.8 Å². The third-order valence-electron chi connectivity index (χ3n) is 6.48. The summed E-state index contributed by atoms with van der Waals surface area (Å²) in [5, 5.41) is 1.86. The van der Waals surface area contributed by atoms with Crippen molar-refractivity contribution in [3.05, 3.63) is 64.0 Å². The van der Waals surface area contributed by atoms with Crippen molar-refractivity contribution in [3.63, 3.8) is 0 Å². The average molecular weight is 480 g/mol. The Kier molecular flexibility index (Phi) is 6.69. The predicted octanol–water partition coefficient (Wildman–Crippen LogP) is 5.91. The largest absolute Gasteiger partial charge is 0.497 e. The van der Waals surface area contributed by atoms with Gasteiger partial charge in [0.15, 0.2) is 5.17 Å². The molecule has 2 fully saturated rings. The lowest BCUT2D eigenvalue weighted by Crippen LogP contribution is -2.40. The van der Waals surface area contributed by atoms with Crippen molar-refractivity contribution in [2.45, 2.75) is 49.5 Å². The molecule has 1 saturated heterocycles. The number of amides is 1. The van der Waals surface area contributed by atoms with E-state index in [1.54, 1.807) is 30.6 Å². The van der Waals surface area contributed by atoms with Crippen LogP contribution in [0.25, 0.3) is 0 Å². The molecule has 0 atom stereocenters. The minimum absolute atomic E-state index is 0.111. The van der Waals surface area contributed by atoms with Crippen molar-refractivity contribution in [2.24, 2.45) is 4.99 Å². The molecule has 1 saturated carbocycles. The second-order valence-corrected chi connectivity index (χ2v) is 10.6. The number of amidine groups is 1. The van der Waals surface area contributed by atoms with Crippen LogP contribution < -0.4 is 9.64 Å². The fraction of sp³-hybridized carbons (Fsp3) is 0.385. The maximum Gasteiger partial charge on any atom is 0.269 e. The van der Waals surface area contributed by atoms with Gasteiger partial charge in [-0.1, -0.05) is 61.4 Å². The number of rotatable bonds is 5. The quantitative estimate of drug-likeness (QED) is 0.499. The molecule has 0 spiro atoms. The van der Waals surface area contributed by atoms with Gasteiger partial charge in [0.25, 0.3) is 5.91 Å². The summed E-state index contributed by atoms with van der Waals surface area (Å²) in [6.45, 7) is 0.686. The van der Waals surface area contributed by atoms with E-state index in [0.717, 1.165) is 50.7 Å². The van der Waals surface area contributed by atoms with Crippen molar-refractivity contribution in [3.8, 4) is 5.75 Å². The van der Waals surface area contributed by atoms with Gasteiger partial charge in [-0.2, -0.15) is 0 Å². The number of methoxy groups -OCH3 is 1. The zero-order chi connectivity index (χ0) is 22.8. The highest BCUT2D eigenvalue weighted by Crippen LogP contribution is 2.51. The zero-order valence-corrected chi connectivity index (χ0v) is 20.8. The lowest BCUT2D eigenvalue weighted by molar-refractivity contribution is -0.124. The van der Waals surface area contributed by atoms with Crippen LogP contribution in [-0.4, -0.2) is 42.7 Å². The smallest absolute Gasteiger partial charge is 0.269 e. The first kappa shape index (κ1) is 22.4. The van der Waals surface area contributed by atoms with E-state index in [2.05, 4.69) is 35.2 Å². The Hall–Kier alpha value is -2.38. The summed E-state index contributed by atoms with van der Waals surface area (Å²) in [7, 11) is 3.71. The number of aliphatic imine (C=N–C) groups is 1. The van der Waals surface area contributed by atoms with Gasteiger partial charge in [0, 0.05) is 30.6 Å². The summed E-state index contributed by atoms with van der Waals surface area (Å²) < 4.78 is 5.41. The second kappa shape index (κ2) is 9.85. The van der Waals surface area contributed by atoms with Crippen molar-refractivity contribution < 1.29 is 9.53 Å². The normalized spacial score (nSPS) is 22.4. The summed E-state index contributed by atoms with van der Waals surface area (Å²) >= 11 is 3.21. The van der Waals surface area contributed by atoms with Gasteiger partial charge in [-0.15, -0.1) is 0 Å². The SMILES string of the molecule is COc1ccc2c(c1)N(C)/C(=C1/SC(=NCCc3ccccc3)N(C3CCCCC3)C1=O)S2. The Labute approximate surface area is 204 Å². The number of ether oxygens (including phenoxy) is 1. The summed E-state index contributed by atoms with van der Waals surface area (Å²) in [5.74, 6) is 0.935. The molecule has 1 aliphatic carbocycles. The first-order chi connectivity index (χ1) is 16.2. The first-order valence-corrected chi connectivity index (χ1v) is 13.2. The fourth-order valence-electron chi connectivity index (χ4n) is 4.66. The van der Waals surface area contributed by atoms with Crippen molar-refractivity contribution in [2.75, 3.05) is 25.6 Å². The minimum Gasteiger partial charge on any atom is -0.497 e. The number of hydrogen-bond donors (Lipinski definition) is 0. The molecule has 0 bridgehead atoms. The minimum atomic E-state index is 0.111. The van der Waals surface area contributed by atoms with Crippen LogP contribution in [0.15, 0.2) is 68.4 Å². The van der Waals surface area contributed by atoms with Crippen LogP contribution in [0.4, 0.5) is 5.69 Å². The van der Waals surface area contributed by atoms with E-state index in [4.69, 9.17) is 9.73 Å². The van der Waals surface area contributed by atoms with Gasteiger partial charge in [0.2, 0.25) is 0 Å². The van der Waals surface area contributed by atoms with E-state index in [0.29, 0.717) is 6.54 Å². The van der Waals surface area contributed by atoms with Gasteiger partial charge in [-0.05, 0) is 48.7 Å². The van der Waals surface area contributed by atoms with Crippen LogP contribution in [-0.2, 0) is 11.2 Å². The van der Waals surface area contributed by atoms with Crippen LogP contribution in [0.2, 0.25) is 0 Å². The number of benzene rings is 2. The maximum absolute atomic E-state index is 13.8. The van der Waals surface area contributed by atoms with Crippen LogP contribution >= 0.6 is 23.5 Å². The Bertz CT molecular complexity index is 1090. The monoisotopic (exact) mass is 479 g/mol. The van der Waals surface area contributed by atoms with E-state index >= 15 is 0 Å². The summed E-state index contributed by atoms with van der Waals surface area (Å²) in [6.07, 6.45) is 6.63. The second-order valence-electron chi connectivity index (χ2n) is 8.60. The van der Waals surface area contributed by atoms with E-state index in [1.807, 2.05) is 30.1 Å². The summed E-state index contributed by atoms with van der Waals surface area (Å²) in [6, 6.07) is 16.8. The molecule has 0 radical (unpaired) electrons. The van der Waals surface area contributed by atoms with Gasteiger partial charge >= 0.3 is 0 Å². The molecule has 5 rings (SSSR count). The Morgan fingerprint density at radius 3 is 2.61 bits per heavy atom. The summed E-state index contributed by atoms with van der Waals surface area (Å²) in [5.41, 5.74) is 2.35. The molecule has 0 N–H and O–H groups in total. The third-order valence-corrected chi connectivity index (χ3v) is 8.92. The van der Waals surface area contributed by atoms with Gasteiger partial charge in [-0.3, -0.25) is 14.7 Å². The number of carbonyl (C=O) groups is 1. The average Bonchev–Trinajstić information content (AvgIpc) is 3.36. The van der Waals surface area contributed by atoms with Gasteiger partial charge < -0.3 is 9.64 Å². The molecule has 3 aliphatic rings. The van der Waals surface area contributed by atoms with Crippen LogP contribution in [0.3, 0.4) is 0 Å². The van der Waals surface area contributed by atoms with E-state index in [9.17, 15) is 4.79 Å². The Morgan fingerprint density at radius 1 is 1.06 bits per heavy atom. The number of nitrogens with zero attached hydrogens (tertiary/aromatic N) is 3. The maximum atomic E-state index is 13.8. The molecule has 33 heavy (non-hydrogen) atoms. The molecule has 1 amide bonds. The van der Waals surface area contributed by atoms with Crippen molar-refractivity contribution >= 4 is 40.3 Å². The van der Waals surface area contributed by atoms with Crippen LogP contribution in [0, 0.1) is 0 Å². The Morgan fingerprint density at radius 2 is 1.85 bits per heavy atom. The lowest BCUT2D eigenvalue weighted by atomic mass is 9.94. The lowest BCUT2D eigenvalue weighted by Gasteiger charge is -2.30. The highest BCUT2D eigenvalue weighted by Gasteiger charge is 2.42. The highest BCUT2D eigenvalue weighted by atomic mass is 32.2. The first-order valence-electron chi connectivity index (χ1n) is 11.6. The number of hydrogen-bond acceptors (Lipinski definition) is 6. The topological polar surface area (TPSA) is 45.1 Å². The number of fused-ring (bicyclic) bond motifs is 1. The third kappa shape index (κ3) is 4.53. The molecule has 2 aromatic carbocycles. The standard InChI is InChI=1S/C26H29N3O2S2/c1-28-21-17-20(31-2)13-14-22(21)32-25(28)23-24(30)29(19-11-7-4-8-12-19)26(33-23)27-16-15-18-9-5-3-6-10-18/h3,5-6,9-10,13-14,17,19H,4,7-8,11-12,15-16H2,1-2H3/b25-23-,27-26?. The van der Waals surface area contributed by atoms with Crippen LogP contribution in [0.1, 0.15) is 37.7 Å². The molecule has 0 unspecified atom stereocenters. The molecule has 7 heteroatoms. The Balaban J connectivity index is 1.44. The van der Waals surface area contributed by atoms with Gasteiger partial charge in [0.05, 0.1) is 17.8 Å².